The Labute approximate surface area is 196 Å². The van der Waals surface area contributed by atoms with Crippen molar-refractivity contribution in [3.8, 4) is 11.6 Å². The number of carbonyl (C=O) groups is 1. The van der Waals surface area contributed by atoms with E-state index in [1.165, 1.54) is 12.6 Å². The number of ether oxygens (including phenoxy) is 2. The molecule has 2 aliphatic rings. The van der Waals surface area contributed by atoms with Crippen molar-refractivity contribution in [1.82, 2.24) is 20.3 Å². The van der Waals surface area contributed by atoms with Gasteiger partial charge in [-0.15, -0.1) is 0 Å². The number of nitrogens with one attached hydrogen (secondary N) is 1. The zero-order chi connectivity index (χ0) is 22.8. The first-order valence-corrected chi connectivity index (χ1v) is 11.2. The van der Waals surface area contributed by atoms with Crippen LogP contribution in [0.5, 0.6) is 11.6 Å². The predicted octanol–water partition coefficient (Wildman–Crippen LogP) is 3.50. The van der Waals surface area contributed by atoms with Crippen molar-refractivity contribution >= 4 is 23.5 Å². The average molecular weight is 466 g/mol. The van der Waals surface area contributed by atoms with Gasteiger partial charge in [-0.1, -0.05) is 23.7 Å². The number of carbonyl (C=O) groups excluding carboxylic acids is 1. The van der Waals surface area contributed by atoms with Crippen LogP contribution in [0, 0.1) is 11.8 Å². The Hall–Kier alpha value is -3.39. The summed E-state index contributed by atoms with van der Waals surface area (Å²) in [5, 5.41) is 3.36. The molecular weight excluding hydrogens is 442 g/mol. The third kappa shape index (κ3) is 4.85. The number of anilines is 1. The molecule has 1 saturated carbocycles. The van der Waals surface area contributed by atoms with Crippen molar-refractivity contribution in [2.75, 3.05) is 25.1 Å². The first kappa shape index (κ1) is 21.5. The maximum absolute atomic E-state index is 12.9. The molecule has 5 rings (SSSR count). The molecule has 1 N–H and O–H groups in total. The maximum Gasteiger partial charge on any atom is 0.258 e. The molecule has 2 fully saturated rings. The summed E-state index contributed by atoms with van der Waals surface area (Å²) >= 11 is 6.24. The molecule has 2 unspecified atom stereocenters. The van der Waals surface area contributed by atoms with Crippen LogP contribution < -0.4 is 19.7 Å². The highest BCUT2D eigenvalue weighted by Crippen LogP contribution is 2.45. The average Bonchev–Trinajstić information content (AvgIpc) is 3.46. The Morgan fingerprint density at radius 2 is 2.06 bits per heavy atom. The fraction of sp³-hybridized carbons (Fsp3) is 0.333. The molecule has 1 aliphatic carbocycles. The molecule has 1 amide bonds. The molecule has 0 radical (unpaired) electrons. The molecule has 2 aromatic heterocycles. The number of hydrogen-bond donors (Lipinski definition) is 1. The summed E-state index contributed by atoms with van der Waals surface area (Å²) in [6.45, 7) is 2.39. The standard InChI is InChI=1S/C24H24ClN5O3/c1-32-21-6-5-15(8-20(21)25)14-33-23-19(22(31)27-10-18-4-2-3-7-26-18)11-28-24(29-23)30-12-16-9-17(16)13-30/h2-8,11,16-17H,9-10,12-14H2,1H3,(H,27,31). The molecule has 9 heteroatoms. The molecule has 170 valence electrons. The quantitative estimate of drug-likeness (QED) is 0.544. The van der Waals surface area contributed by atoms with Gasteiger partial charge < -0.3 is 19.7 Å². The van der Waals surface area contributed by atoms with E-state index < -0.39 is 0 Å². The van der Waals surface area contributed by atoms with Crippen LogP contribution in [0.3, 0.4) is 0 Å². The lowest BCUT2D eigenvalue weighted by molar-refractivity contribution is 0.0944. The Morgan fingerprint density at radius 3 is 2.79 bits per heavy atom. The Morgan fingerprint density at radius 1 is 1.21 bits per heavy atom. The molecule has 1 aliphatic heterocycles. The lowest BCUT2D eigenvalue weighted by atomic mass is 10.2. The number of pyridine rings is 1. The third-order valence-electron chi connectivity index (χ3n) is 6.00. The van der Waals surface area contributed by atoms with Gasteiger partial charge in [0.2, 0.25) is 11.8 Å². The van der Waals surface area contributed by atoms with Crippen molar-refractivity contribution < 1.29 is 14.3 Å². The molecular formula is C24H24ClN5O3. The second-order valence-electron chi connectivity index (χ2n) is 8.31. The Balaban J connectivity index is 1.35. The summed E-state index contributed by atoms with van der Waals surface area (Å²) in [6, 6.07) is 11.0. The molecule has 33 heavy (non-hydrogen) atoms. The summed E-state index contributed by atoms with van der Waals surface area (Å²) in [4.78, 5) is 28.4. The molecule has 2 atom stereocenters. The summed E-state index contributed by atoms with van der Waals surface area (Å²) in [5.41, 5.74) is 1.87. The van der Waals surface area contributed by atoms with Crippen LogP contribution in [0.15, 0.2) is 48.8 Å². The van der Waals surface area contributed by atoms with Crippen molar-refractivity contribution in [3.63, 3.8) is 0 Å². The number of methoxy groups -OCH3 is 1. The van der Waals surface area contributed by atoms with Gasteiger partial charge in [0, 0.05) is 25.5 Å². The minimum atomic E-state index is -0.320. The summed E-state index contributed by atoms with van der Waals surface area (Å²) in [5.74, 6) is 2.57. The maximum atomic E-state index is 12.9. The summed E-state index contributed by atoms with van der Waals surface area (Å²) in [7, 11) is 1.57. The van der Waals surface area contributed by atoms with Gasteiger partial charge in [0.25, 0.3) is 5.91 Å². The van der Waals surface area contributed by atoms with Crippen molar-refractivity contribution in [2.45, 2.75) is 19.6 Å². The van der Waals surface area contributed by atoms with Gasteiger partial charge in [-0.05, 0) is 48.1 Å². The van der Waals surface area contributed by atoms with Crippen molar-refractivity contribution in [1.29, 1.82) is 0 Å². The summed E-state index contributed by atoms with van der Waals surface area (Å²) in [6.07, 6.45) is 4.51. The van der Waals surface area contributed by atoms with Crippen LogP contribution >= 0.6 is 11.6 Å². The van der Waals surface area contributed by atoms with E-state index in [2.05, 4.69) is 25.2 Å². The molecule has 3 heterocycles. The normalized spacial score (nSPS) is 18.5. The van der Waals surface area contributed by atoms with E-state index in [4.69, 9.17) is 21.1 Å². The SMILES string of the molecule is COc1ccc(COc2nc(N3CC4CC4C3)ncc2C(=O)NCc2ccccn2)cc1Cl. The number of rotatable bonds is 8. The van der Waals surface area contributed by atoms with Crippen LogP contribution in [0.25, 0.3) is 0 Å². The van der Waals surface area contributed by atoms with Gasteiger partial charge in [-0.3, -0.25) is 9.78 Å². The monoisotopic (exact) mass is 465 g/mol. The van der Waals surface area contributed by atoms with E-state index in [1.807, 2.05) is 24.3 Å². The number of aromatic nitrogens is 3. The topological polar surface area (TPSA) is 89.5 Å². The summed E-state index contributed by atoms with van der Waals surface area (Å²) < 4.78 is 11.2. The molecule has 0 spiro atoms. The number of hydrogen-bond acceptors (Lipinski definition) is 7. The first-order chi connectivity index (χ1) is 16.1. The second-order valence-corrected chi connectivity index (χ2v) is 8.72. The van der Waals surface area contributed by atoms with Gasteiger partial charge in [0.1, 0.15) is 17.9 Å². The van der Waals surface area contributed by atoms with Gasteiger partial charge in [0.15, 0.2) is 0 Å². The van der Waals surface area contributed by atoms with Crippen molar-refractivity contribution in [2.24, 2.45) is 11.8 Å². The van der Waals surface area contributed by atoms with Crippen LogP contribution in [0.2, 0.25) is 5.02 Å². The number of benzene rings is 1. The number of nitrogens with zero attached hydrogens (tertiary/aromatic N) is 4. The van der Waals surface area contributed by atoms with E-state index in [-0.39, 0.29) is 24.0 Å². The van der Waals surface area contributed by atoms with Crippen molar-refractivity contribution in [3.05, 3.63) is 70.6 Å². The molecule has 8 nitrogen and oxygen atoms in total. The van der Waals surface area contributed by atoms with Gasteiger partial charge in [0.05, 0.1) is 24.4 Å². The van der Waals surface area contributed by atoms with E-state index in [0.717, 1.165) is 36.2 Å². The van der Waals surface area contributed by atoms with Crippen LogP contribution in [0.1, 0.15) is 28.0 Å². The Kier molecular flexibility index (Phi) is 6.00. The fourth-order valence-electron chi connectivity index (χ4n) is 4.06. The first-order valence-electron chi connectivity index (χ1n) is 10.9. The van der Waals surface area contributed by atoms with E-state index >= 15 is 0 Å². The zero-order valence-corrected chi connectivity index (χ0v) is 19.0. The van der Waals surface area contributed by atoms with Gasteiger partial charge in [-0.25, -0.2) is 4.98 Å². The molecule has 0 bridgehead atoms. The van der Waals surface area contributed by atoms with Crippen LogP contribution in [-0.4, -0.2) is 41.1 Å². The van der Waals surface area contributed by atoms with Gasteiger partial charge in [-0.2, -0.15) is 4.98 Å². The lowest BCUT2D eigenvalue weighted by Crippen LogP contribution is -2.27. The van der Waals surface area contributed by atoms with E-state index in [1.54, 1.807) is 25.4 Å². The van der Waals surface area contributed by atoms with E-state index in [9.17, 15) is 4.79 Å². The minimum Gasteiger partial charge on any atom is -0.495 e. The fourth-order valence-corrected chi connectivity index (χ4v) is 4.34. The third-order valence-corrected chi connectivity index (χ3v) is 6.29. The largest absolute Gasteiger partial charge is 0.495 e. The number of amides is 1. The highest BCUT2D eigenvalue weighted by Gasteiger charge is 2.46. The molecule has 3 aromatic rings. The highest BCUT2D eigenvalue weighted by molar-refractivity contribution is 6.32. The predicted molar refractivity (Wildman–Crippen MR) is 124 cm³/mol. The molecule has 1 saturated heterocycles. The van der Waals surface area contributed by atoms with Crippen LogP contribution in [0.4, 0.5) is 5.95 Å². The minimum absolute atomic E-state index is 0.200. The lowest BCUT2D eigenvalue weighted by Gasteiger charge is -2.19. The second kappa shape index (κ2) is 9.23. The zero-order valence-electron chi connectivity index (χ0n) is 18.2. The highest BCUT2D eigenvalue weighted by atomic mass is 35.5. The Bertz CT molecular complexity index is 1150. The van der Waals surface area contributed by atoms with E-state index in [0.29, 0.717) is 23.3 Å². The number of fused-ring (bicyclic) bond motifs is 1. The number of halogens is 1. The number of piperidine rings is 1. The van der Waals surface area contributed by atoms with Crippen LogP contribution in [-0.2, 0) is 13.2 Å². The molecule has 1 aromatic carbocycles. The van der Waals surface area contributed by atoms with Gasteiger partial charge >= 0.3 is 0 Å². The smallest absolute Gasteiger partial charge is 0.258 e.